The Bertz CT molecular complexity index is 1060. The highest BCUT2D eigenvalue weighted by Gasteiger charge is 2.38. The molecule has 0 aromatic heterocycles. The van der Waals surface area contributed by atoms with Crippen LogP contribution in [0.5, 0.6) is 0 Å². The number of amides is 2. The Morgan fingerprint density at radius 3 is 2.20 bits per heavy atom. The number of rotatable bonds is 9. The van der Waals surface area contributed by atoms with Crippen LogP contribution in [-0.2, 0) is 14.3 Å². The Balaban J connectivity index is 1.42. The van der Waals surface area contributed by atoms with E-state index in [1.165, 1.54) is 6.08 Å². The normalized spacial score (nSPS) is 16.9. The van der Waals surface area contributed by atoms with E-state index in [0.29, 0.717) is 12.8 Å². The van der Waals surface area contributed by atoms with Gasteiger partial charge in [-0.25, -0.2) is 9.59 Å². The molecule has 0 spiro atoms. The summed E-state index contributed by atoms with van der Waals surface area (Å²) in [5.74, 6) is -1.56. The van der Waals surface area contributed by atoms with Crippen LogP contribution in [0.4, 0.5) is 4.79 Å². The molecule has 7 heteroatoms. The van der Waals surface area contributed by atoms with Gasteiger partial charge in [0.25, 0.3) is 0 Å². The molecule has 2 aliphatic carbocycles. The zero-order chi connectivity index (χ0) is 24.8. The average molecular weight is 477 g/mol. The van der Waals surface area contributed by atoms with Crippen LogP contribution in [0.3, 0.4) is 0 Å². The van der Waals surface area contributed by atoms with Gasteiger partial charge in [-0.15, -0.1) is 6.58 Å². The first-order valence-corrected chi connectivity index (χ1v) is 12.2. The van der Waals surface area contributed by atoms with Gasteiger partial charge in [0.1, 0.15) is 12.6 Å². The second-order valence-electron chi connectivity index (χ2n) is 9.45. The Kier molecular flexibility index (Phi) is 7.54. The predicted molar refractivity (Wildman–Crippen MR) is 133 cm³/mol. The standard InChI is InChI=1S/C28H32N2O5/c1-2-10-24(26(32)33)29-25(31)17-28(15-8-3-9-16-28)30-27(34)35-18-23-21-13-6-4-11-19(21)20-12-5-7-14-22(20)23/h2,4-7,11-14,23-24H,1,3,8-10,15-18H2,(H,29,31)(H,30,34)(H,32,33). The number of hydrogen-bond acceptors (Lipinski definition) is 4. The number of nitrogens with one attached hydrogen (secondary N) is 2. The van der Waals surface area contributed by atoms with Crippen molar-refractivity contribution in [1.29, 1.82) is 0 Å². The second kappa shape index (κ2) is 10.8. The van der Waals surface area contributed by atoms with Gasteiger partial charge >= 0.3 is 12.1 Å². The summed E-state index contributed by atoms with van der Waals surface area (Å²) in [4.78, 5) is 37.1. The highest BCUT2D eigenvalue weighted by atomic mass is 16.5. The lowest BCUT2D eigenvalue weighted by molar-refractivity contribution is -0.142. The maximum Gasteiger partial charge on any atom is 0.407 e. The lowest BCUT2D eigenvalue weighted by Gasteiger charge is -2.37. The molecule has 2 amide bonds. The van der Waals surface area contributed by atoms with Gasteiger partial charge in [0, 0.05) is 12.3 Å². The summed E-state index contributed by atoms with van der Waals surface area (Å²) in [5.41, 5.74) is 3.84. The summed E-state index contributed by atoms with van der Waals surface area (Å²) in [6.45, 7) is 3.75. The number of carboxylic acid groups (broad SMARTS) is 1. The number of fused-ring (bicyclic) bond motifs is 3. The van der Waals surface area contributed by atoms with Crippen LogP contribution in [0.15, 0.2) is 61.2 Å². The molecule has 35 heavy (non-hydrogen) atoms. The van der Waals surface area contributed by atoms with E-state index in [1.807, 2.05) is 24.3 Å². The maximum absolute atomic E-state index is 12.9. The van der Waals surface area contributed by atoms with E-state index in [-0.39, 0.29) is 25.4 Å². The van der Waals surface area contributed by atoms with Crippen molar-refractivity contribution in [3.63, 3.8) is 0 Å². The SMILES string of the molecule is C=CCC(NC(=O)CC1(NC(=O)OCC2c3ccccc3-c3ccccc32)CCCCC1)C(=O)O. The lowest BCUT2D eigenvalue weighted by Crippen LogP contribution is -2.54. The van der Waals surface area contributed by atoms with E-state index >= 15 is 0 Å². The molecule has 0 radical (unpaired) electrons. The van der Waals surface area contributed by atoms with Crippen molar-refractivity contribution in [2.45, 2.75) is 62.4 Å². The van der Waals surface area contributed by atoms with Crippen LogP contribution in [0.1, 0.15) is 62.0 Å². The van der Waals surface area contributed by atoms with Gasteiger partial charge in [0.2, 0.25) is 5.91 Å². The largest absolute Gasteiger partial charge is 0.480 e. The number of alkyl carbamates (subject to hydrolysis) is 1. The van der Waals surface area contributed by atoms with Gasteiger partial charge in [-0.05, 0) is 41.5 Å². The molecule has 184 valence electrons. The monoisotopic (exact) mass is 476 g/mol. The molecule has 0 aliphatic heterocycles. The molecule has 2 aromatic rings. The van der Waals surface area contributed by atoms with Crippen LogP contribution in [0.2, 0.25) is 0 Å². The van der Waals surface area contributed by atoms with Gasteiger partial charge in [-0.3, -0.25) is 4.79 Å². The highest BCUT2D eigenvalue weighted by Crippen LogP contribution is 2.44. The second-order valence-corrected chi connectivity index (χ2v) is 9.45. The number of benzene rings is 2. The van der Waals surface area contributed by atoms with E-state index < -0.39 is 29.6 Å². The van der Waals surface area contributed by atoms with Crippen molar-refractivity contribution in [1.82, 2.24) is 10.6 Å². The molecule has 1 fully saturated rings. The van der Waals surface area contributed by atoms with Crippen molar-refractivity contribution >= 4 is 18.0 Å². The Labute approximate surface area is 205 Å². The highest BCUT2D eigenvalue weighted by molar-refractivity contribution is 5.85. The summed E-state index contributed by atoms with van der Waals surface area (Å²) in [6.07, 6.45) is 5.13. The third-order valence-corrected chi connectivity index (χ3v) is 7.06. The molecule has 2 aromatic carbocycles. The molecule has 2 aliphatic rings. The zero-order valence-electron chi connectivity index (χ0n) is 19.8. The maximum atomic E-state index is 12.9. The summed E-state index contributed by atoms with van der Waals surface area (Å²) in [5, 5.41) is 14.9. The van der Waals surface area contributed by atoms with Crippen molar-refractivity contribution in [3.8, 4) is 11.1 Å². The fourth-order valence-electron chi connectivity index (χ4n) is 5.37. The number of carbonyl (C=O) groups excluding carboxylic acids is 2. The molecule has 7 nitrogen and oxygen atoms in total. The molecule has 1 saturated carbocycles. The Hall–Kier alpha value is -3.61. The van der Waals surface area contributed by atoms with Crippen molar-refractivity contribution in [3.05, 3.63) is 72.3 Å². The fraction of sp³-hybridized carbons (Fsp3) is 0.393. The molecular formula is C28H32N2O5. The smallest absolute Gasteiger partial charge is 0.407 e. The quantitative estimate of drug-likeness (QED) is 0.453. The average Bonchev–Trinajstić information content (AvgIpc) is 3.16. The predicted octanol–water partition coefficient (Wildman–Crippen LogP) is 4.76. The van der Waals surface area contributed by atoms with Crippen LogP contribution in [0, 0.1) is 0 Å². The first-order chi connectivity index (χ1) is 16.9. The molecule has 0 heterocycles. The summed E-state index contributed by atoms with van der Waals surface area (Å²) in [7, 11) is 0. The molecule has 1 unspecified atom stereocenters. The van der Waals surface area contributed by atoms with E-state index in [2.05, 4.69) is 41.5 Å². The minimum Gasteiger partial charge on any atom is -0.480 e. The third kappa shape index (κ3) is 5.56. The molecule has 0 saturated heterocycles. The van der Waals surface area contributed by atoms with Crippen LogP contribution >= 0.6 is 0 Å². The first-order valence-electron chi connectivity index (χ1n) is 12.2. The zero-order valence-corrected chi connectivity index (χ0v) is 19.8. The van der Waals surface area contributed by atoms with Gasteiger partial charge in [-0.1, -0.05) is 73.9 Å². The van der Waals surface area contributed by atoms with E-state index in [4.69, 9.17) is 4.74 Å². The summed E-state index contributed by atoms with van der Waals surface area (Å²) in [6, 6.07) is 15.3. The molecule has 4 rings (SSSR count). The number of carbonyl (C=O) groups is 3. The number of ether oxygens (including phenoxy) is 1. The van der Waals surface area contributed by atoms with E-state index in [1.54, 1.807) is 0 Å². The molecule has 3 N–H and O–H groups in total. The van der Waals surface area contributed by atoms with Crippen molar-refractivity contribution < 1.29 is 24.2 Å². The number of carboxylic acids is 1. The molecule has 1 atom stereocenters. The molecular weight excluding hydrogens is 444 g/mol. The van der Waals surface area contributed by atoms with Crippen LogP contribution in [0.25, 0.3) is 11.1 Å². The number of aliphatic carboxylic acids is 1. The van der Waals surface area contributed by atoms with E-state index in [9.17, 15) is 19.5 Å². The topological polar surface area (TPSA) is 105 Å². The fourth-order valence-corrected chi connectivity index (χ4v) is 5.37. The van der Waals surface area contributed by atoms with Gasteiger partial charge < -0.3 is 20.5 Å². The van der Waals surface area contributed by atoms with Crippen molar-refractivity contribution in [2.24, 2.45) is 0 Å². The first kappa shape index (κ1) is 24.5. The summed E-state index contributed by atoms with van der Waals surface area (Å²) < 4.78 is 5.72. The summed E-state index contributed by atoms with van der Waals surface area (Å²) >= 11 is 0. The van der Waals surface area contributed by atoms with E-state index in [0.717, 1.165) is 41.5 Å². The Morgan fingerprint density at radius 1 is 1.03 bits per heavy atom. The van der Waals surface area contributed by atoms with Gasteiger partial charge in [0.15, 0.2) is 0 Å². The van der Waals surface area contributed by atoms with Crippen molar-refractivity contribution in [2.75, 3.05) is 6.61 Å². The lowest BCUT2D eigenvalue weighted by atomic mass is 9.79. The van der Waals surface area contributed by atoms with Crippen LogP contribution < -0.4 is 10.6 Å². The minimum atomic E-state index is -1.11. The van der Waals surface area contributed by atoms with Gasteiger partial charge in [0.05, 0.1) is 5.54 Å². The Morgan fingerprint density at radius 2 is 1.63 bits per heavy atom. The number of hydrogen-bond donors (Lipinski definition) is 3. The van der Waals surface area contributed by atoms with Crippen LogP contribution in [-0.4, -0.2) is 41.3 Å². The third-order valence-electron chi connectivity index (χ3n) is 7.06. The van der Waals surface area contributed by atoms with Gasteiger partial charge in [-0.2, -0.15) is 0 Å². The molecule has 0 bridgehead atoms. The minimum absolute atomic E-state index is 0.0120.